The molecule has 1 aromatic rings. The Bertz CT molecular complexity index is 329. The van der Waals surface area contributed by atoms with Crippen LogP contribution in [0.25, 0.3) is 0 Å². The predicted octanol–water partition coefficient (Wildman–Crippen LogP) is 2.32. The summed E-state index contributed by atoms with van der Waals surface area (Å²) >= 11 is 1.78. The van der Waals surface area contributed by atoms with E-state index in [1.807, 2.05) is 25.1 Å². The number of nitrogens with one attached hydrogen (secondary N) is 1. The summed E-state index contributed by atoms with van der Waals surface area (Å²) < 4.78 is 4.71. The lowest BCUT2D eigenvalue weighted by molar-refractivity contribution is -0.143. The van der Waals surface area contributed by atoms with Crippen molar-refractivity contribution in [2.75, 3.05) is 19.4 Å². The molecule has 94 valence electrons. The average Bonchev–Trinajstić information content (AvgIpc) is 2.39. The lowest BCUT2D eigenvalue weighted by atomic mass is 10.2. The first-order valence-electron chi connectivity index (χ1n) is 5.77. The molecule has 0 saturated carbocycles. The molecule has 1 N–H and O–H groups in total. The minimum Gasteiger partial charge on any atom is -0.468 e. The highest BCUT2D eigenvalue weighted by molar-refractivity contribution is 7.99. The van der Waals surface area contributed by atoms with Crippen molar-refractivity contribution in [1.29, 1.82) is 0 Å². The molecule has 0 radical (unpaired) electrons. The second-order valence-electron chi connectivity index (χ2n) is 3.60. The van der Waals surface area contributed by atoms with Gasteiger partial charge in [0.25, 0.3) is 0 Å². The topological polar surface area (TPSA) is 38.3 Å². The lowest BCUT2D eigenvalue weighted by Gasteiger charge is -2.13. The van der Waals surface area contributed by atoms with Crippen LogP contribution in [0.1, 0.15) is 13.3 Å². The molecule has 0 heterocycles. The summed E-state index contributed by atoms with van der Waals surface area (Å²) in [6.45, 7) is 2.77. The molecule has 0 saturated heterocycles. The Balaban J connectivity index is 2.21. The first kappa shape index (κ1) is 14.1. The van der Waals surface area contributed by atoms with Crippen molar-refractivity contribution in [3.05, 3.63) is 30.3 Å². The van der Waals surface area contributed by atoms with E-state index in [0.29, 0.717) is 0 Å². The van der Waals surface area contributed by atoms with Crippen molar-refractivity contribution in [2.45, 2.75) is 24.3 Å². The molecule has 0 bridgehead atoms. The largest absolute Gasteiger partial charge is 0.468 e. The number of benzene rings is 1. The van der Waals surface area contributed by atoms with Crippen molar-refractivity contribution in [3.63, 3.8) is 0 Å². The monoisotopic (exact) mass is 253 g/mol. The second-order valence-corrected chi connectivity index (χ2v) is 4.77. The van der Waals surface area contributed by atoms with E-state index in [-0.39, 0.29) is 12.0 Å². The van der Waals surface area contributed by atoms with Crippen LogP contribution >= 0.6 is 11.8 Å². The Labute approximate surface area is 107 Å². The number of esters is 1. The minimum absolute atomic E-state index is 0.183. The molecule has 1 atom stereocenters. The maximum atomic E-state index is 11.3. The van der Waals surface area contributed by atoms with Crippen molar-refractivity contribution in [2.24, 2.45) is 0 Å². The summed E-state index contributed by atoms with van der Waals surface area (Å²) in [7, 11) is 1.42. The number of hydrogen-bond donors (Lipinski definition) is 1. The van der Waals surface area contributed by atoms with Gasteiger partial charge in [0.05, 0.1) is 7.11 Å². The van der Waals surface area contributed by atoms with Gasteiger partial charge in [-0.15, -0.1) is 11.8 Å². The van der Waals surface area contributed by atoms with Gasteiger partial charge in [0, 0.05) is 17.2 Å². The van der Waals surface area contributed by atoms with Crippen LogP contribution in [0.4, 0.5) is 0 Å². The van der Waals surface area contributed by atoms with Crippen LogP contribution in [-0.2, 0) is 9.53 Å². The normalized spacial score (nSPS) is 12.1. The predicted molar refractivity (Wildman–Crippen MR) is 71.3 cm³/mol. The zero-order chi connectivity index (χ0) is 12.5. The van der Waals surface area contributed by atoms with Gasteiger partial charge in [-0.05, 0) is 18.6 Å². The van der Waals surface area contributed by atoms with Gasteiger partial charge in [-0.3, -0.25) is 4.79 Å². The standard InChI is InChI=1S/C13H19NO2S/c1-3-12(13(15)16-2)14-9-10-17-11-7-5-4-6-8-11/h4-8,12,14H,3,9-10H2,1-2H3. The van der Waals surface area contributed by atoms with Crippen LogP contribution in [0.3, 0.4) is 0 Å². The van der Waals surface area contributed by atoms with Gasteiger partial charge in [0.1, 0.15) is 6.04 Å². The quantitative estimate of drug-likeness (QED) is 0.460. The van der Waals surface area contributed by atoms with Gasteiger partial charge < -0.3 is 10.1 Å². The maximum absolute atomic E-state index is 11.3. The molecular formula is C13H19NO2S. The summed E-state index contributed by atoms with van der Waals surface area (Å²) in [4.78, 5) is 12.6. The van der Waals surface area contributed by atoms with E-state index < -0.39 is 0 Å². The van der Waals surface area contributed by atoms with Crippen LogP contribution in [0.15, 0.2) is 35.2 Å². The highest BCUT2D eigenvalue weighted by atomic mass is 32.2. The van der Waals surface area contributed by atoms with Crippen LogP contribution in [0.2, 0.25) is 0 Å². The molecule has 0 aliphatic carbocycles. The van der Waals surface area contributed by atoms with Crippen molar-refractivity contribution < 1.29 is 9.53 Å². The minimum atomic E-state index is -0.184. The van der Waals surface area contributed by atoms with Gasteiger partial charge in [-0.1, -0.05) is 25.1 Å². The Morgan fingerprint density at radius 2 is 2.12 bits per heavy atom. The number of carbonyl (C=O) groups excluding carboxylic acids is 1. The first-order valence-corrected chi connectivity index (χ1v) is 6.75. The summed E-state index contributed by atoms with van der Waals surface area (Å²) in [5.41, 5.74) is 0. The number of carbonyl (C=O) groups is 1. The average molecular weight is 253 g/mol. The van der Waals surface area contributed by atoms with Gasteiger partial charge >= 0.3 is 5.97 Å². The third-order valence-electron chi connectivity index (χ3n) is 2.40. The lowest BCUT2D eigenvalue weighted by Crippen LogP contribution is -2.38. The van der Waals surface area contributed by atoms with Crippen LogP contribution in [-0.4, -0.2) is 31.4 Å². The van der Waals surface area contributed by atoms with E-state index in [1.54, 1.807) is 11.8 Å². The van der Waals surface area contributed by atoms with Crippen LogP contribution < -0.4 is 5.32 Å². The fourth-order valence-corrected chi connectivity index (χ4v) is 2.26. The molecule has 0 spiro atoms. The Kier molecular flexibility index (Phi) is 6.74. The highest BCUT2D eigenvalue weighted by Gasteiger charge is 2.15. The zero-order valence-corrected chi connectivity index (χ0v) is 11.1. The third-order valence-corrected chi connectivity index (χ3v) is 3.41. The van der Waals surface area contributed by atoms with Gasteiger partial charge in [0.2, 0.25) is 0 Å². The van der Waals surface area contributed by atoms with E-state index in [0.717, 1.165) is 18.7 Å². The maximum Gasteiger partial charge on any atom is 0.322 e. The van der Waals surface area contributed by atoms with E-state index >= 15 is 0 Å². The van der Waals surface area contributed by atoms with Crippen molar-refractivity contribution >= 4 is 17.7 Å². The fourth-order valence-electron chi connectivity index (χ4n) is 1.46. The zero-order valence-electron chi connectivity index (χ0n) is 10.3. The molecule has 0 aliphatic heterocycles. The van der Waals surface area contributed by atoms with E-state index in [9.17, 15) is 4.79 Å². The first-order chi connectivity index (χ1) is 8.27. The third kappa shape index (κ3) is 5.24. The molecule has 0 fully saturated rings. The summed E-state index contributed by atoms with van der Waals surface area (Å²) in [5, 5.41) is 3.19. The number of rotatable bonds is 7. The molecule has 3 nitrogen and oxygen atoms in total. The van der Waals surface area contributed by atoms with E-state index in [2.05, 4.69) is 17.4 Å². The summed E-state index contributed by atoms with van der Waals surface area (Å²) in [6.07, 6.45) is 0.753. The number of methoxy groups -OCH3 is 1. The van der Waals surface area contributed by atoms with Crippen LogP contribution in [0, 0.1) is 0 Å². The summed E-state index contributed by atoms with van der Waals surface area (Å²) in [6, 6.07) is 10.0. The molecule has 0 aromatic heterocycles. The summed E-state index contributed by atoms with van der Waals surface area (Å²) in [5.74, 6) is 0.759. The van der Waals surface area contributed by atoms with E-state index in [4.69, 9.17) is 4.74 Å². The van der Waals surface area contributed by atoms with Crippen LogP contribution in [0.5, 0.6) is 0 Å². The van der Waals surface area contributed by atoms with Crippen molar-refractivity contribution in [1.82, 2.24) is 5.32 Å². The molecule has 0 aliphatic rings. The van der Waals surface area contributed by atoms with Crippen molar-refractivity contribution in [3.8, 4) is 0 Å². The molecule has 0 amide bonds. The number of thioether (sulfide) groups is 1. The Hall–Kier alpha value is -1.00. The molecule has 17 heavy (non-hydrogen) atoms. The van der Waals surface area contributed by atoms with Gasteiger partial charge in [-0.25, -0.2) is 0 Å². The number of ether oxygens (including phenoxy) is 1. The van der Waals surface area contributed by atoms with Gasteiger partial charge in [-0.2, -0.15) is 0 Å². The molecule has 1 unspecified atom stereocenters. The molecule has 1 aromatic carbocycles. The van der Waals surface area contributed by atoms with Gasteiger partial charge in [0.15, 0.2) is 0 Å². The Morgan fingerprint density at radius 1 is 1.41 bits per heavy atom. The number of hydrogen-bond acceptors (Lipinski definition) is 4. The smallest absolute Gasteiger partial charge is 0.322 e. The molecule has 4 heteroatoms. The van der Waals surface area contributed by atoms with E-state index in [1.165, 1.54) is 12.0 Å². The molecule has 1 rings (SSSR count). The highest BCUT2D eigenvalue weighted by Crippen LogP contribution is 2.15. The fraction of sp³-hybridized carbons (Fsp3) is 0.462. The Morgan fingerprint density at radius 3 is 2.71 bits per heavy atom. The SMILES string of the molecule is CCC(NCCSc1ccccc1)C(=O)OC. The second kappa shape index (κ2) is 8.14. The molecular weight excluding hydrogens is 234 g/mol.